The first-order valence-electron chi connectivity index (χ1n) is 8.53. The summed E-state index contributed by atoms with van der Waals surface area (Å²) in [6.45, 7) is 6.19. The molecule has 0 saturated carbocycles. The lowest BCUT2D eigenvalue weighted by atomic mass is 9.97. The number of carbonyl (C=O) groups is 2. The summed E-state index contributed by atoms with van der Waals surface area (Å²) in [4.78, 5) is 26.1. The van der Waals surface area contributed by atoms with Crippen LogP contribution in [0.15, 0.2) is 24.3 Å². The lowest BCUT2D eigenvalue weighted by Crippen LogP contribution is -2.44. The van der Waals surface area contributed by atoms with Gasteiger partial charge in [0.2, 0.25) is 5.91 Å². The van der Waals surface area contributed by atoms with Crippen molar-refractivity contribution in [2.24, 2.45) is 5.92 Å². The van der Waals surface area contributed by atoms with Crippen molar-refractivity contribution in [2.45, 2.75) is 33.3 Å². The minimum absolute atomic E-state index is 0.0621. The Hall–Kier alpha value is -2.08. The summed E-state index contributed by atoms with van der Waals surface area (Å²) in [6.07, 6.45) is 1.24. The predicted molar refractivity (Wildman–Crippen MR) is 91.7 cm³/mol. The minimum Gasteiger partial charge on any atom is -0.450 e. The molecule has 0 aromatic heterocycles. The van der Waals surface area contributed by atoms with Crippen LogP contribution in [0.3, 0.4) is 0 Å². The van der Waals surface area contributed by atoms with E-state index in [1.165, 1.54) is 0 Å². The highest BCUT2D eigenvalue weighted by Gasteiger charge is 2.29. The SMILES string of the molecule is CCOCc1ccccc1NC(=O)C1CCCN(C(=O)OCC)C1. The van der Waals surface area contributed by atoms with Crippen LogP contribution in [-0.4, -0.2) is 43.2 Å². The third-order valence-electron chi connectivity index (χ3n) is 4.06. The van der Waals surface area contributed by atoms with E-state index >= 15 is 0 Å². The number of ether oxygens (including phenoxy) is 2. The topological polar surface area (TPSA) is 67.9 Å². The van der Waals surface area contributed by atoms with Gasteiger partial charge in [-0.15, -0.1) is 0 Å². The van der Waals surface area contributed by atoms with Crippen molar-refractivity contribution >= 4 is 17.7 Å². The number of rotatable bonds is 6. The number of amides is 2. The molecule has 0 spiro atoms. The molecule has 1 N–H and O–H groups in total. The Morgan fingerprint density at radius 3 is 2.79 bits per heavy atom. The number of para-hydroxylation sites is 1. The second kappa shape index (κ2) is 9.27. The van der Waals surface area contributed by atoms with Crippen LogP contribution in [0, 0.1) is 5.92 Å². The van der Waals surface area contributed by atoms with Gasteiger partial charge >= 0.3 is 6.09 Å². The molecular weight excluding hydrogens is 308 g/mol. The Morgan fingerprint density at radius 2 is 2.04 bits per heavy atom. The molecule has 1 aromatic carbocycles. The largest absolute Gasteiger partial charge is 0.450 e. The van der Waals surface area contributed by atoms with Crippen molar-refractivity contribution in [3.63, 3.8) is 0 Å². The van der Waals surface area contributed by atoms with Gasteiger partial charge in [0.15, 0.2) is 0 Å². The second-order valence-electron chi connectivity index (χ2n) is 5.77. The smallest absolute Gasteiger partial charge is 0.409 e. The molecule has 1 heterocycles. The number of benzene rings is 1. The highest BCUT2D eigenvalue weighted by atomic mass is 16.6. The predicted octanol–water partition coefficient (Wildman–Crippen LogP) is 3.03. The summed E-state index contributed by atoms with van der Waals surface area (Å²) in [7, 11) is 0. The van der Waals surface area contributed by atoms with E-state index in [2.05, 4.69) is 5.32 Å². The van der Waals surface area contributed by atoms with Crippen LogP contribution in [0.5, 0.6) is 0 Å². The summed E-state index contributed by atoms with van der Waals surface area (Å²) >= 11 is 0. The molecule has 1 atom stereocenters. The lowest BCUT2D eigenvalue weighted by Gasteiger charge is -2.31. The molecule has 0 aliphatic carbocycles. The van der Waals surface area contributed by atoms with Crippen molar-refractivity contribution in [1.29, 1.82) is 0 Å². The van der Waals surface area contributed by atoms with Crippen LogP contribution in [0.4, 0.5) is 10.5 Å². The van der Waals surface area contributed by atoms with E-state index in [9.17, 15) is 9.59 Å². The summed E-state index contributed by atoms with van der Waals surface area (Å²) < 4.78 is 10.5. The van der Waals surface area contributed by atoms with Crippen molar-refractivity contribution in [3.8, 4) is 0 Å². The van der Waals surface area contributed by atoms with Crippen molar-refractivity contribution < 1.29 is 19.1 Å². The molecule has 0 bridgehead atoms. The number of hydrogen-bond donors (Lipinski definition) is 1. The maximum Gasteiger partial charge on any atom is 0.409 e. The molecule has 24 heavy (non-hydrogen) atoms. The van der Waals surface area contributed by atoms with Gasteiger partial charge in [0.05, 0.1) is 19.1 Å². The van der Waals surface area contributed by atoms with E-state index in [-0.39, 0.29) is 17.9 Å². The monoisotopic (exact) mass is 334 g/mol. The standard InChI is InChI=1S/C18H26N2O4/c1-3-23-13-15-8-5-6-10-16(15)19-17(21)14-9-7-11-20(12-14)18(22)24-4-2/h5-6,8,10,14H,3-4,7,9,11-13H2,1-2H3,(H,19,21). The first-order valence-corrected chi connectivity index (χ1v) is 8.53. The number of carbonyl (C=O) groups excluding carboxylic acids is 2. The third-order valence-corrected chi connectivity index (χ3v) is 4.06. The fraction of sp³-hybridized carbons (Fsp3) is 0.556. The van der Waals surface area contributed by atoms with E-state index in [0.717, 1.165) is 24.1 Å². The van der Waals surface area contributed by atoms with Crippen LogP contribution >= 0.6 is 0 Å². The van der Waals surface area contributed by atoms with Crippen LogP contribution in [-0.2, 0) is 20.9 Å². The van der Waals surface area contributed by atoms with E-state index in [1.807, 2.05) is 31.2 Å². The van der Waals surface area contributed by atoms with Crippen molar-refractivity contribution in [1.82, 2.24) is 4.90 Å². The van der Waals surface area contributed by atoms with Gasteiger partial charge in [0.25, 0.3) is 0 Å². The van der Waals surface area contributed by atoms with E-state index in [1.54, 1.807) is 11.8 Å². The first kappa shape index (κ1) is 18.3. The number of piperidine rings is 1. The normalized spacial score (nSPS) is 17.4. The van der Waals surface area contributed by atoms with Crippen molar-refractivity contribution in [2.75, 3.05) is 31.6 Å². The zero-order chi connectivity index (χ0) is 17.4. The van der Waals surface area contributed by atoms with Gasteiger partial charge in [-0.1, -0.05) is 18.2 Å². The Kier molecular flexibility index (Phi) is 7.06. The van der Waals surface area contributed by atoms with Crippen molar-refractivity contribution in [3.05, 3.63) is 29.8 Å². The number of likely N-dealkylation sites (tertiary alicyclic amines) is 1. The number of anilines is 1. The summed E-state index contributed by atoms with van der Waals surface area (Å²) in [6, 6.07) is 7.62. The van der Waals surface area contributed by atoms with Gasteiger partial charge in [-0.25, -0.2) is 4.79 Å². The molecule has 6 nitrogen and oxygen atoms in total. The molecule has 1 aromatic rings. The van der Waals surface area contributed by atoms with E-state index in [0.29, 0.717) is 32.9 Å². The summed E-state index contributed by atoms with van der Waals surface area (Å²) in [5.41, 5.74) is 1.72. The molecule has 132 valence electrons. The quantitative estimate of drug-likeness (QED) is 0.868. The third kappa shape index (κ3) is 4.96. The fourth-order valence-electron chi connectivity index (χ4n) is 2.79. The molecule has 0 radical (unpaired) electrons. The van der Waals surface area contributed by atoms with Gasteiger partial charge in [-0.3, -0.25) is 4.79 Å². The maximum absolute atomic E-state index is 12.6. The Labute approximate surface area is 143 Å². The molecule has 1 aliphatic heterocycles. The van der Waals surface area contributed by atoms with Gasteiger partial charge in [-0.2, -0.15) is 0 Å². The highest BCUT2D eigenvalue weighted by molar-refractivity contribution is 5.93. The Bertz CT molecular complexity index is 562. The number of nitrogens with zero attached hydrogens (tertiary/aromatic N) is 1. The first-order chi connectivity index (χ1) is 11.7. The van der Waals surface area contributed by atoms with Gasteiger partial charge in [0.1, 0.15) is 0 Å². The zero-order valence-electron chi connectivity index (χ0n) is 14.4. The van der Waals surface area contributed by atoms with Gasteiger partial charge in [0, 0.05) is 30.9 Å². The molecule has 1 unspecified atom stereocenters. The number of hydrogen-bond acceptors (Lipinski definition) is 4. The molecule has 1 aliphatic rings. The average Bonchev–Trinajstić information content (AvgIpc) is 2.61. The van der Waals surface area contributed by atoms with Crippen LogP contribution < -0.4 is 5.32 Å². The van der Waals surface area contributed by atoms with E-state index in [4.69, 9.17) is 9.47 Å². The molecule has 1 saturated heterocycles. The van der Waals surface area contributed by atoms with E-state index < -0.39 is 0 Å². The van der Waals surface area contributed by atoms with Gasteiger partial charge < -0.3 is 19.7 Å². The summed E-state index contributed by atoms with van der Waals surface area (Å²) in [5.74, 6) is -0.281. The van der Waals surface area contributed by atoms with Crippen LogP contribution in [0.25, 0.3) is 0 Å². The minimum atomic E-state index is -0.341. The fourth-order valence-corrected chi connectivity index (χ4v) is 2.79. The zero-order valence-corrected chi connectivity index (χ0v) is 14.4. The lowest BCUT2D eigenvalue weighted by molar-refractivity contribution is -0.121. The Balaban J connectivity index is 1.98. The number of nitrogens with one attached hydrogen (secondary N) is 1. The van der Waals surface area contributed by atoms with Crippen LogP contribution in [0.2, 0.25) is 0 Å². The molecule has 2 amide bonds. The highest BCUT2D eigenvalue weighted by Crippen LogP contribution is 2.21. The second-order valence-corrected chi connectivity index (χ2v) is 5.77. The van der Waals surface area contributed by atoms with Crippen LogP contribution in [0.1, 0.15) is 32.3 Å². The maximum atomic E-state index is 12.6. The molecule has 1 fully saturated rings. The molecular formula is C18H26N2O4. The van der Waals surface area contributed by atoms with Gasteiger partial charge in [-0.05, 0) is 32.8 Å². The molecule has 2 rings (SSSR count). The Morgan fingerprint density at radius 1 is 1.25 bits per heavy atom. The average molecular weight is 334 g/mol. The summed E-state index contributed by atoms with van der Waals surface area (Å²) in [5, 5.41) is 2.98. The molecule has 6 heteroatoms.